The zero-order valence-corrected chi connectivity index (χ0v) is 5.78. The van der Waals surface area contributed by atoms with Crippen LogP contribution in [0.25, 0.3) is 0 Å². The van der Waals surface area contributed by atoms with Gasteiger partial charge in [-0.2, -0.15) is 0 Å². The summed E-state index contributed by atoms with van der Waals surface area (Å²) < 4.78 is 0. The van der Waals surface area contributed by atoms with Gasteiger partial charge in [-0.25, -0.2) is 0 Å². The number of piperidine rings is 1. The van der Waals surface area contributed by atoms with E-state index in [9.17, 15) is 0 Å². The molecule has 1 saturated heterocycles. The van der Waals surface area contributed by atoms with Crippen LogP contribution in [0.2, 0.25) is 0 Å². The molecule has 8 heavy (non-hydrogen) atoms. The van der Waals surface area contributed by atoms with E-state index in [0.717, 1.165) is 12.1 Å². The van der Waals surface area contributed by atoms with Crippen LogP contribution in [0.3, 0.4) is 0 Å². The molecule has 2 atom stereocenters. The Balaban J connectivity index is 2.23. The van der Waals surface area contributed by atoms with E-state index in [-0.39, 0.29) is 0 Å². The molecule has 0 aromatic rings. The third kappa shape index (κ3) is 1.48. The summed E-state index contributed by atoms with van der Waals surface area (Å²) in [5.41, 5.74) is 0. The normalized spacial score (nSPS) is 39.8. The van der Waals surface area contributed by atoms with Crippen molar-refractivity contribution in [2.45, 2.75) is 45.2 Å². The maximum atomic E-state index is 3.48. The summed E-state index contributed by atoms with van der Waals surface area (Å²) in [6.07, 6.45) is 4.14. The van der Waals surface area contributed by atoms with E-state index in [2.05, 4.69) is 19.2 Å². The van der Waals surface area contributed by atoms with Crippen molar-refractivity contribution >= 4 is 0 Å². The minimum absolute atomic E-state index is 0.763. The standard InChI is InChI=1S/C7H15N/c1-6-4-3-5-7(2)8-6/h6-8H,3-5H2,1-2H3/t6-,7?/m0/s1. The first-order chi connectivity index (χ1) is 3.79. The zero-order chi connectivity index (χ0) is 5.98. The van der Waals surface area contributed by atoms with E-state index in [1.54, 1.807) is 0 Å². The fourth-order valence-corrected chi connectivity index (χ4v) is 1.38. The molecule has 1 aliphatic rings. The average molecular weight is 113 g/mol. The number of hydrogen-bond donors (Lipinski definition) is 1. The van der Waals surface area contributed by atoms with Crippen molar-refractivity contribution in [1.29, 1.82) is 0 Å². The predicted molar refractivity (Wildman–Crippen MR) is 35.9 cm³/mol. The molecule has 0 amide bonds. The lowest BCUT2D eigenvalue weighted by Crippen LogP contribution is -2.38. The monoisotopic (exact) mass is 113 g/mol. The fraction of sp³-hybridized carbons (Fsp3) is 1.00. The summed E-state index contributed by atoms with van der Waals surface area (Å²) in [6, 6.07) is 1.53. The summed E-state index contributed by atoms with van der Waals surface area (Å²) in [7, 11) is 0. The van der Waals surface area contributed by atoms with Crippen molar-refractivity contribution in [1.82, 2.24) is 5.32 Å². The van der Waals surface area contributed by atoms with E-state index in [1.165, 1.54) is 19.3 Å². The lowest BCUT2D eigenvalue weighted by molar-refractivity contribution is 0.352. The molecule has 1 rings (SSSR count). The van der Waals surface area contributed by atoms with Crippen molar-refractivity contribution in [3.05, 3.63) is 0 Å². The quantitative estimate of drug-likeness (QED) is 0.502. The molecule has 1 nitrogen and oxygen atoms in total. The Kier molecular flexibility index (Phi) is 1.90. The Morgan fingerprint density at radius 3 is 1.88 bits per heavy atom. The highest BCUT2D eigenvalue weighted by atomic mass is 14.9. The third-order valence-electron chi connectivity index (χ3n) is 1.84. The van der Waals surface area contributed by atoms with Gasteiger partial charge in [0.1, 0.15) is 0 Å². The highest BCUT2D eigenvalue weighted by Gasteiger charge is 2.11. The van der Waals surface area contributed by atoms with Crippen LogP contribution >= 0.6 is 0 Å². The summed E-state index contributed by atoms with van der Waals surface area (Å²) in [5, 5.41) is 3.48. The summed E-state index contributed by atoms with van der Waals surface area (Å²) in [5.74, 6) is 0. The average Bonchev–Trinajstić information content (AvgIpc) is 1.64. The SMILES string of the molecule is CC1CCC[C@H](C)N1. The number of hydrogen-bond acceptors (Lipinski definition) is 1. The van der Waals surface area contributed by atoms with Gasteiger partial charge in [0.2, 0.25) is 0 Å². The number of nitrogens with one attached hydrogen (secondary N) is 1. The maximum Gasteiger partial charge on any atom is 0.00412 e. The second-order valence-electron chi connectivity index (χ2n) is 2.90. The summed E-state index contributed by atoms with van der Waals surface area (Å²) >= 11 is 0. The molecule has 1 aliphatic heterocycles. The molecule has 0 aromatic carbocycles. The van der Waals surface area contributed by atoms with Gasteiger partial charge in [-0.3, -0.25) is 0 Å². The van der Waals surface area contributed by atoms with E-state index < -0.39 is 0 Å². The van der Waals surface area contributed by atoms with Gasteiger partial charge in [0.25, 0.3) is 0 Å². The second-order valence-corrected chi connectivity index (χ2v) is 2.90. The molecule has 1 unspecified atom stereocenters. The van der Waals surface area contributed by atoms with Crippen LogP contribution in [0.15, 0.2) is 0 Å². The molecule has 48 valence electrons. The lowest BCUT2D eigenvalue weighted by atomic mass is 10.0. The van der Waals surface area contributed by atoms with E-state index in [1.807, 2.05) is 0 Å². The van der Waals surface area contributed by atoms with Gasteiger partial charge >= 0.3 is 0 Å². The Hall–Kier alpha value is -0.0400. The zero-order valence-electron chi connectivity index (χ0n) is 5.78. The van der Waals surface area contributed by atoms with Crippen LogP contribution in [0.4, 0.5) is 0 Å². The molecule has 0 saturated carbocycles. The Morgan fingerprint density at radius 1 is 1.12 bits per heavy atom. The number of rotatable bonds is 0. The summed E-state index contributed by atoms with van der Waals surface area (Å²) in [4.78, 5) is 0. The van der Waals surface area contributed by atoms with Crippen molar-refractivity contribution in [2.24, 2.45) is 0 Å². The molecule has 0 radical (unpaired) electrons. The maximum absolute atomic E-state index is 3.48. The molecule has 1 heteroatoms. The van der Waals surface area contributed by atoms with Gasteiger partial charge in [0, 0.05) is 12.1 Å². The van der Waals surface area contributed by atoms with Gasteiger partial charge in [0.05, 0.1) is 0 Å². The molecule has 1 fully saturated rings. The first-order valence-electron chi connectivity index (χ1n) is 3.55. The first kappa shape index (κ1) is 6.09. The van der Waals surface area contributed by atoms with Crippen LogP contribution in [0.1, 0.15) is 33.1 Å². The molecule has 1 heterocycles. The Labute approximate surface area is 51.5 Å². The van der Waals surface area contributed by atoms with Crippen LogP contribution in [-0.4, -0.2) is 12.1 Å². The van der Waals surface area contributed by atoms with Crippen molar-refractivity contribution in [3.8, 4) is 0 Å². The van der Waals surface area contributed by atoms with Crippen LogP contribution in [-0.2, 0) is 0 Å². The Bertz CT molecular complexity index is 62.8. The Morgan fingerprint density at radius 2 is 1.62 bits per heavy atom. The van der Waals surface area contributed by atoms with Gasteiger partial charge < -0.3 is 5.32 Å². The lowest BCUT2D eigenvalue weighted by Gasteiger charge is -2.25. The van der Waals surface area contributed by atoms with Gasteiger partial charge in [-0.15, -0.1) is 0 Å². The largest absolute Gasteiger partial charge is 0.312 e. The second kappa shape index (κ2) is 2.49. The van der Waals surface area contributed by atoms with Crippen LogP contribution in [0.5, 0.6) is 0 Å². The minimum atomic E-state index is 0.763. The third-order valence-corrected chi connectivity index (χ3v) is 1.84. The highest BCUT2D eigenvalue weighted by molar-refractivity contribution is 4.73. The van der Waals surface area contributed by atoms with Crippen molar-refractivity contribution in [3.63, 3.8) is 0 Å². The van der Waals surface area contributed by atoms with Gasteiger partial charge in [-0.05, 0) is 26.7 Å². The van der Waals surface area contributed by atoms with Gasteiger partial charge in [-0.1, -0.05) is 6.42 Å². The van der Waals surface area contributed by atoms with E-state index >= 15 is 0 Å². The van der Waals surface area contributed by atoms with Crippen LogP contribution in [0, 0.1) is 0 Å². The van der Waals surface area contributed by atoms with Gasteiger partial charge in [0.15, 0.2) is 0 Å². The topological polar surface area (TPSA) is 12.0 Å². The molecule has 0 aromatic heterocycles. The summed E-state index contributed by atoms with van der Waals surface area (Å²) in [6.45, 7) is 4.52. The molecule has 0 spiro atoms. The molecule has 0 bridgehead atoms. The smallest absolute Gasteiger partial charge is 0.00412 e. The molecular weight excluding hydrogens is 98.1 g/mol. The van der Waals surface area contributed by atoms with Crippen LogP contribution < -0.4 is 5.32 Å². The fourth-order valence-electron chi connectivity index (χ4n) is 1.38. The van der Waals surface area contributed by atoms with Crippen molar-refractivity contribution < 1.29 is 0 Å². The van der Waals surface area contributed by atoms with E-state index in [0.29, 0.717) is 0 Å². The first-order valence-corrected chi connectivity index (χ1v) is 3.55. The molecular formula is C7H15N. The highest BCUT2D eigenvalue weighted by Crippen LogP contribution is 2.10. The minimum Gasteiger partial charge on any atom is -0.312 e. The van der Waals surface area contributed by atoms with Crippen molar-refractivity contribution in [2.75, 3.05) is 0 Å². The predicted octanol–water partition coefficient (Wildman–Crippen LogP) is 1.54. The molecule has 0 aliphatic carbocycles. The van der Waals surface area contributed by atoms with E-state index in [4.69, 9.17) is 0 Å². The molecule has 1 N–H and O–H groups in total.